The fourth-order valence-electron chi connectivity index (χ4n) is 2.01. The Labute approximate surface area is 143 Å². The second-order valence-corrected chi connectivity index (χ2v) is 6.59. The molecule has 2 amide bonds. The first-order valence-electron chi connectivity index (χ1n) is 7.31. The summed E-state index contributed by atoms with van der Waals surface area (Å²) in [5.74, 6) is -1.75. The molecule has 0 saturated carbocycles. The van der Waals surface area contributed by atoms with E-state index < -0.39 is 17.9 Å². The van der Waals surface area contributed by atoms with E-state index in [1.807, 2.05) is 38.1 Å². The van der Waals surface area contributed by atoms with Crippen LogP contribution in [-0.2, 0) is 20.8 Å². The Morgan fingerprint density at radius 3 is 2.48 bits per heavy atom. The van der Waals surface area contributed by atoms with E-state index in [0.717, 1.165) is 10.0 Å². The van der Waals surface area contributed by atoms with Gasteiger partial charge in [-0.25, -0.2) is 4.79 Å². The van der Waals surface area contributed by atoms with Gasteiger partial charge in [0.1, 0.15) is 6.04 Å². The maximum absolute atomic E-state index is 11.8. The number of amides is 2. The molecule has 6 nitrogen and oxygen atoms in total. The predicted octanol–water partition coefficient (Wildman–Crippen LogP) is 1.72. The lowest BCUT2D eigenvalue weighted by atomic mass is 10.0. The summed E-state index contributed by atoms with van der Waals surface area (Å²) in [5, 5.41) is 14.0. The number of hydrogen-bond acceptors (Lipinski definition) is 3. The number of carbonyl (C=O) groups excluding carboxylic acids is 2. The van der Waals surface area contributed by atoms with Crippen LogP contribution in [0.3, 0.4) is 0 Å². The van der Waals surface area contributed by atoms with Crippen molar-refractivity contribution in [2.45, 2.75) is 32.7 Å². The lowest BCUT2D eigenvalue weighted by molar-refractivity contribution is -0.142. The highest BCUT2D eigenvalue weighted by Gasteiger charge is 2.21. The molecule has 0 unspecified atom stereocenters. The molecule has 0 aliphatic rings. The molecule has 7 heteroatoms. The van der Waals surface area contributed by atoms with Crippen molar-refractivity contribution in [2.75, 3.05) is 6.54 Å². The molecule has 0 heterocycles. The number of carboxylic acid groups (broad SMARTS) is 1. The quantitative estimate of drug-likeness (QED) is 0.635. The van der Waals surface area contributed by atoms with Crippen LogP contribution in [0.5, 0.6) is 0 Å². The van der Waals surface area contributed by atoms with Crippen LogP contribution >= 0.6 is 15.9 Å². The number of halogens is 1. The Morgan fingerprint density at radius 2 is 1.91 bits per heavy atom. The molecule has 0 saturated heterocycles. The van der Waals surface area contributed by atoms with Gasteiger partial charge in [0.05, 0.1) is 13.0 Å². The van der Waals surface area contributed by atoms with Crippen LogP contribution < -0.4 is 10.6 Å². The second-order valence-electron chi connectivity index (χ2n) is 5.67. The lowest BCUT2D eigenvalue weighted by Crippen LogP contribution is -2.46. The molecule has 1 rings (SSSR count). The molecular weight excluding hydrogens is 364 g/mol. The minimum atomic E-state index is -1.08. The van der Waals surface area contributed by atoms with Crippen LogP contribution in [-0.4, -0.2) is 35.5 Å². The number of hydrogen-bond donors (Lipinski definition) is 3. The van der Waals surface area contributed by atoms with E-state index in [4.69, 9.17) is 5.11 Å². The van der Waals surface area contributed by atoms with Gasteiger partial charge in [0, 0.05) is 4.47 Å². The van der Waals surface area contributed by atoms with Crippen molar-refractivity contribution >= 4 is 33.7 Å². The van der Waals surface area contributed by atoms with Gasteiger partial charge in [-0.2, -0.15) is 0 Å². The first-order valence-corrected chi connectivity index (χ1v) is 8.10. The summed E-state index contributed by atoms with van der Waals surface area (Å²) >= 11 is 3.32. The summed E-state index contributed by atoms with van der Waals surface area (Å²) < 4.78 is 0.874. The minimum absolute atomic E-state index is 0.141. The van der Waals surface area contributed by atoms with Gasteiger partial charge in [-0.05, 0) is 30.0 Å². The van der Waals surface area contributed by atoms with Gasteiger partial charge >= 0.3 is 5.97 Å². The highest BCUT2D eigenvalue weighted by atomic mass is 79.9. The van der Waals surface area contributed by atoms with Crippen LogP contribution in [0.2, 0.25) is 0 Å². The van der Waals surface area contributed by atoms with Gasteiger partial charge in [-0.1, -0.05) is 41.9 Å². The van der Waals surface area contributed by atoms with E-state index in [1.54, 1.807) is 0 Å². The topological polar surface area (TPSA) is 95.5 Å². The van der Waals surface area contributed by atoms with E-state index >= 15 is 0 Å². The predicted molar refractivity (Wildman–Crippen MR) is 89.9 cm³/mol. The average Bonchev–Trinajstić information content (AvgIpc) is 2.44. The van der Waals surface area contributed by atoms with Gasteiger partial charge in [-0.15, -0.1) is 0 Å². The van der Waals surface area contributed by atoms with Crippen molar-refractivity contribution in [1.82, 2.24) is 10.6 Å². The van der Waals surface area contributed by atoms with Gasteiger partial charge < -0.3 is 15.7 Å². The number of carbonyl (C=O) groups is 3. The third kappa shape index (κ3) is 7.78. The Hall–Kier alpha value is -1.89. The molecule has 0 aromatic heterocycles. The molecule has 0 aliphatic heterocycles. The Balaban J connectivity index is 2.42. The highest BCUT2D eigenvalue weighted by molar-refractivity contribution is 9.10. The Kier molecular flexibility index (Phi) is 7.74. The van der Waals surface area contributed by atoms with Crippen molar-refractivity contribution < 1.29 is 19.5 Å². The maximum atomic E-state index is 11.8. The molecule has 1 aromatic rings. The molecule has 0 radical (unpaired) electrons. The first kappa shape index (κ1) is 19.2. The molecule has 0 aliphatic carbocycles. The van der Waals surface area contributed by atoms with Gasteiger partial charge in [-0.3, -0.25) is 9.59 Å². The Bertz CT molecular complexity index is 575. The highest BCUT2D eigenvalue weighted by Crippen LogP contribution is 2.11. The second kappa shape index (κ2) is 9.29. The van der Waals surface area contributed by atoms with E-state index in [0.29, 0.717) is 6.42 Å². The standard InChI is InChI=1S/C16H21BrN2O4/c1-10(2)6-13(16(22)23)19-15(21)9-18-14(20)8-11-4-3-5-12(17)7-11/h3-5,7,10,13H,6,8-9H2,1-2H3,(H,18,20)(H,19,21)(H,22,23)/t13-/m0/s1. The van der Waals surface area contributed by atoms with E-state index in [-0.39, 0.29) is 24.8 Å². The number of carboxylic acids is 1. The Morgan fingerprint density at radius 1 is 1.22 bits per heavy atom. The van der Waals surface area contributed by atoms with E-state index in [9.17, 15) is 14.4 Å². The molecule has 0 spiro atoms. The van der Waals surface area contributed by atoms with Crippen LogP contribution in [0, 0.1) is 5.92 Å². The zero-order chi connectivity index (χ0) is 17.4. The molecule has 23 heavy (non-hydrogen) atoms. The molecule has 0 bridgehead atoms. The lowest BCUT2D eigenvalue weighted by Gasteiger charge is -2.16. The molecule has 126 valence electrons. The van der Waals surface area contributed by atoms with Gasteiger partial charge in [0.25, 0.3) is 0 Å². The van der Waals surface area contributed by atoms with Crippen LogP contribution in [0.25, 0.3) is 0 Å². The summed E-state index contributed by atoms with van der Waals surface area (Å²) in [6.45, 7) is 3.51. The normalized spacial score (nSPS) is 11.8. The van der Waals surface area contributed by atoms with Crippen molar-refractivity contribution in [1.29, 1.82) is 0 Å². The first-order chi connectivity index (χ1) is 10.8. The monoisotopic (exact) mass is 384 g/mol. The number of benzene rings is 1. The number of aliphatic carboxylic acids is 1. The van der Waals surface area contributed by atoms with Crippen molar-refractivity contribution in [3.8, 4) is 0 Å². The fourth-order valence-corrected chi connectivity index (χ4v) is 2.46. The average molecular weight is 385 g/mol. The summed E-state index contributed by atoms with van der Waals surface area (Å²) in [5.41, 5.74) is 0.820. The number of nitrogens with one attached hydrogen (secondary N) is 2. The van der Waals surface area contributed by atoms with Crippen LogP contribution in [0.15, 0.2) is 28.7 Å². The number of rotatable bonds is 8. The summed E-state index contributed by atoms with van der Waals surface area (Å²) in [6, 6.07) is 6.37. The molecular formula is C16H21BrN2O4. The third-order valence-electron chi connectivity index (χ3n) is 3.04. The van der Waals surface area contributed by atoms with Gasteiger partial charge in [0.2, 0.25) is 11.8 Å². The van der Waals surface area contributed by atoms with E-state index in [2.05, 4.69) is 26.6 Å². The maximum Gasteiger partial charge on any atom is 0.326 e. The van der Waals surface area contributed by atoms with Crippen LogP contribution in [0.1, 0.15) is 25.8 Å². The van der Waals surface area contributed by atoms with Crippen LogP contribution in [0.4, 0.5) is 0 Å². The summed E-state index contributed by atoms with van der Waals surface area (Å²) in [4.78, 5) is 34.6. The molecule has 3 N–H and O–H groups in total. The van der Waals surface area contributed by atoms with Gasteiger partial charge in [0.15, 0.2) is 0 Å². The molecule has 0 fully saturated rings. The van der Waals surface area contributed by atoms with Crippen molar-refractivity contribution in [3.63, 3.8) is 0 Å². The fraction of sp³-hybridized carbons (Fsp3) is 0.438. The third-order valence-corrected chi connectivity index (χ3v) is 3.53. The van der Waals surface area contributed by atoms with E-state index in [1.165, 1.54) is 0 Å². The zero-order valence-electron chi connectivity index (χ0n) is 13.1. The largest absolute Gasteiger partial charge is 0.480 e. The zero-order valence-corrected chi connectivity index (χ0v) is 14.7. The molecule has 1 atom stereocenters. The summed E-state index contributed by atoms with van der Waals surface area (Å²) in [7, 11) is 0. The SMILES string of the molecule is CC(C)C[C@H](NC(=O)CNC(=O)Cc1cccc(Br)c1)C(=O)O. The molecule has 1 aromatic carbocycles. The summed E-state index contributed by atoms with van der Waals surface area (Å²) in [6.07, 6.45) is 0.494. The van der Waals surface area contributed by atoms with Crippen molar-refractivity contribution in [2.24, 2.45) is 5.92 Å². The minimum Gasteiger partial charge on any atom is -0.480 e. The van der Waals surface area contributed by atoms with Crippen molar-refractivity contribution in [3.05, 3.63) is 34.3 Å². The smallest absolute Gasteiger partial charge is 0.326 e.